The summed E-state index contributed by atoms with van der Waals surface area (Å²) >= 11 is 0. The maximum absolute atomic E-state index is 12.5. The summed E-state index contributed by atoms with van der Waals surface area (Å²) in [7, 11) is 4.53. The van der Waals surface area contributed by atoms with Crippen molar-refractivity contribution < 1.29 is 19.0 Å². The molecule has 0 fully saturated rings. The van der Waals surface area contributed by atoms with Gasteiger partial charge in [-0.25, -0.2) is 0 Å². The highest BCUT2D eigenvalue weighted by Crippen LogP contribution is 2.35. The number of nitrogens with zero attached hydrogens (tertiary/aromatic N) is 1. The number of methoxy groups -OCH3 is 3. The van der Waals surface area contributed by atoms with Crippen molar-refractivity contribution in [3.8, 4) is 29.6 Å². The van der Waals surface area contributed by atoms with Crippen LogP contribution in [0.15, 0.2) is 12.1 Å². The summed E-state index contributed by atoms with van der Waals surface area (Å²) in [5.74, 6) is 3.65. The second-order valence-corrected chi connectivity index (χ2v) is 3.93. The predicted octanol–water partition coefficient (Wildman–Crippen LogP) is 1.81. The predicted molar refractivity (Wildman–Crippen MR) is 76.5 cm³/mol. The van der Waals surface area contributed by atoms with E-state index in [9.17, 15) is 4.79 Å². The van der Waals surface area contributed by atoms with Crippen LogP contribution in [0.2, 0.25) is 0 Å². The van der Waals surface area contributed by atoms with Gasteiger partial charge >= 0.3 is 0 Å². The van der Waals surface area contributed by atoms with Gasteiger partial charge in [0.2, 0.25) is 0 Å². The third-order valence-electron chi connectivity index (χ3n) is 2.89. The second kappa shape index (κ2) is 7.29. The van der Waals surface area contributed by atoms with Crippen LogP contribution in [0.1, 0.15) is 17.3 Å². The molecule has 1 amide bonds. The Morgan fingerprint density at radius 3 is 2.15 bits per heavy atom. The zero-order valence-corrected chi connectivity index (χ0v) is 12.2. The summed E-state index contributed by atoms with van der Waals surface area (Å²) in [6, 6.07) is 3.22. The molecule has 0 aliphatic rings. The van der Waals surface area contributed by atoms with E-state index in [1.807, 2.05) is 6.92 Å². The van der Waals surface area contributed by atoms with E-state index >= 15 is 0 Å². The zero-order valence-electron chi connectivity index (χ0n) is 12.2. The van der Waals surface area contributed by atoms with E-state index in [0.29, 0.717) is 29.4 Å². The van der Waals surface area contributed by atoms with Crippen LogP contribution in [0, 0.1) is 12.3 Å². The van der Waals surface area contributed by atoms with Crippen LogP contribution < -0.4 is 14.2 Å². The monoisotopic (exact) mass is 277 g/mol. The lowest BCUT2D eigenvalue weighted by molar-refractivity contribution is 0.0781. The number of hydrogen-bond donors (Lipinski definition) is 0. The molecule has 1 aromatic carbocycles. The fourth-order valence-corrected chi connectivity index (χ4v) is 1.80. The fourth-order valence-electron chi connectivity index (χ4n) is 1.80. The highest BCUT2D eigenvalue weighted by atomic mass is 16.5. The van der Waals surface area contributed by atoms with Crippen molar-refractivity contribution in [1.82, 2.24) is 4.90 Å². The molecule has 1 aromatic rings. The molecule has 0 spiro atoms. The molecule has 1 rings (SSSR count). The lowest BCUT2D eigenvalue weighted by atomic mass is 10.1. The first-order chi connectivity index (χ1) is 9.62. The number of hydrogen-bond acceptors (Lipinski definition) is 4. The molecule has 0 heterocycles. The van der Waals surface area contributed by atoms with Gasteiger partial charge in [0.25, 0.3) is 5.91 Å². The molecule has 0 N–H and O–H groups in total. The summed E-state index contributed by atoms with van der Waals surface area (Å²) in [6.07, 6.45) is 5.27. The Labute approximate surface area is 119 Å². The Hall–Kier alpha value is -2.35. The average Bonchev–Trinajstić information content (AvgIpc) is 2.50. The van der Waals surface area contributed by atoms with Gasteiger partial charge in [0, 0.05) is 18.7 Å². The number of carbonyl (C=O) groups is 1. The molecule has 0 aliphatic carbocycles. The summed E-state index contributed by atoms with van der Waals surface area (Å²) in [6.45, 7) is 2.62. The van der Waals surface area contributed by atoms with Crippen LogP contribution in [0.5, 0.6) is 17.2 Å². The topological polar surface area (TPSA) is 48.0 Å². The Morgan fingerprint density at radius 1 is 1.15 bits per heavy atom. The van der Waals surface area contributed by atoms with Crippen molar-refractivity contribution in [3.63, 3.8) is 0 Å². The first kappa shape index (κ1) is 15.7. The van der Waals surface area contributed by atoms with Gasteiger partial charge in [-0.05, 0) is 6.92 Å². The zero-order chi connectivity index (χ0) is 15.1. The van der Waals surface area contributed by atoms with E-state index in [4.69, 9.17) is 20.6 Å². The molecule has 0 aromatic heterocycles. The van der Waals surface area contributed by atoms with Gasteiger partial charge in [-0.15, -0.1) is 6.42 Å². The Kier molecular flexibility index (Phi) is 5.73. The molecule has 0 saturated heterocycles. The lowest BCUT2D eigenvalue weighted by Crippen LogP contribution is -2.31. The largest absolute Gasteiger partial charge is 0.496 e. The molecule has 5 nitrogen and oxygen atoms in total. The molecular formula is C15H19NO4. The van der Waals surface area contributed by atoms with Crippen LogP contribution in [-0.2, 0) is 0 Å². The minimum Gasteiger partial charge on any atom is -0.496 e. The smallest absolute Gasteiger partial charge is 0.258 e. The van der Waals surface area contributed by atoms with Gasteiger partial charge in [-0.2, -0.15) is 0 Å². The normalized spacial score (nSPS) is 9.55. The van der Waals surface area contributed by atoms with Gasteiger partial charge in [0.1, 0.15) is 5.75 Å². The van der Waals surface area contributed by atoms with Crippen molar-refractivity contribution in [2.45, 2.75) is 6.92 Å². The van der Waals surface area contributed by atoms with Crippen molar-refractivity contribution >= 4 is 5.91 Å². The van der Waals surface area contributed by atoms with Gasteiger partial charge in [0.05, 0.1) is 33.4 Å². The van der Waals surface area contributed by atoms with E-state index in [1.165, 1.54) is 21.3 Å². The highest BCUT2D eigenvalue weighted by Gasteiger charge is 2.21. The molecule has 108 valence electrons. The average molecular weight is 277 g/mol. The first-order valence-corrected chi connectivity index (χ1v) is 6.15. The number of terminal acetylenes is 1. The maximum Gasteiger partial charge on any atom is 0.258 e. The van der Waals surface area contributed by atoms with Crippen LogP contribution in [0.4, 0.5) is 0 Å². The summed E-state index contributed by atoms with van der Waals surface area (Å²) in [5.41, 5.74) is 0.391. The number of ether oxygens (including phenoxy) is 3. The van der Waals surface area contributed by atoms with Gasteiger partial charge in [-0.1, -0.05) is 5.92 Å². The summed E-state index contributed by atoms with van der Waals surface area (Å²) in [5, 5.41) is 0. The number of amides is 1. The standard InChI is InChI=1S/C15H19NO4/c1-6-8-16(7-2)15(17)11-9-13(19-4)14(20-5)10-12(11)18-3/h1,9-10H,7-8H2,2-5H3. The van der Waals surface area contributed by atoms with Crippen molar-refractivity contribution in [2.75, 3.05) is 34.4 Å². The van der Waals surface area contributed by atoms with Crippen LogP contribution in [0.25, 0.3) is 0 Å². The first-order valence-electron chi connectivity index (χ1n) is 6.15. The maximum atomic E-state index is 12.5. The Morgan fingerprint density at radius 2 is 1.70 bits per heavy atom. The van der Waals surface area contributed by atoms with Gasteiger partial charge in [0.15, 0.2) is 11.5 Å². The van der Waals surface area contributed by atoms with Crippen LogP contribution in [-0.4, -0.2) is 45.2 Å². The second-order valence-electron chi connectivity index (χ2n) is 3.93. The van der Waals surface area contributed by atoms with Crippen LogP contribution >= 0.6 is 0 Å². The molecule has 0 unspecified atom stereocenters. The molecule has 0 saturated carbocycles. The van der Waals surface area contributed by atoms with Crippen molar-refractivity contribution in [2.24, 2.45) is 0 Å². The van der Waals surface area contributed by atoms with Crippen molar-refractivity contribution in [1.29, 1.82) is 0 Å². The number of carbonyl (C=O) groups excluding carboxylic acids is 1. The Balaban J connectivity index is 3.28. The van der Waals surface area contributed by atoms with E-state index in [1.54, 1.807) is 17.0 Å². The van der Waals surface area contributed by atoms with Crippen LogP contribution in [0.3, 0.4) is 0 Å². The third kappa shape index (κ3) is 3.15. The molecular weight excluding hydrogens is 258 g/mol. The molecule has 20 heavy (non-hydrogen) atoms. The van der Waals surface area contributed by atoms with E-state index in [0.717, 1.165) is 0 Å². The summed E-state index contributed by atoms with van der Waals surface area (Å²) in [4.78, 5) is 14.0. The molecule has 0 radical (unpaired) electrons. The summed E-state index contributed by atoms with van der Waals surface area (Å²) < 4.78 is 15.6. The minimum atomic E-state index is -0.205. The molecule has 0 aliphatic heterocycles. The molecule has 5 heteroatoms. The van der Waals surface area contributed by atoms with E-state index in [2.05, 4.69) is 5.92 Å². The lowest BCUT2D eigenvalue weighted by Gasteiger charge is -2.20. The van der Waals surface area contributed by atoms with Gasteiger partial charge < -0.3 is 19.1 Å². The molecule has 0 bridgehead atoms. The highest BCUT2D eigenvalue weighted by molar-refractivity contribution is 5.98. The Bertz CT molecular complexity index is 519. The van der Waals surface area contributed by atoms with E-state index in [-0.39, 0.29) is 12.5 Å². The minimum absolute atomic E-state index is 0.205. The number of rotatable bonds is 6. The van der Waals surface area contributed by atoms with E-state index < -0.39 is 0 Å². The molecule has 0 atom stereocenters. The SMILES string of the molecule is C#CCN(CC)C(=O)c1cc(OC)c(OC)cc1OC. The third-order valence-corrected chi connectivity index (χ3v) is 2.89. The van der Waals surface area contributed by atoms with Gasteiger partial charge in [-0.3, -0.25) is 4.79 Å². The number of benzene rings is 1. The fraction of sp³-hybridized carbons (Fsp3) is 0.400. The quantitative estimate of drug-likeness (QED) is 0.744. The van der Waals surface area contributed by atoms with Crippen molar-refractivity contribution in [3.05, 3.63) is 17.7 Å².